The minimum absolute atomic E-state index is 0.0629. The van der Waals surface area contributed by atoms with Crippen molar-refractivity contribution >= 4 is 44.7 Å². The maximum absolute atomic E-state index is 11.9. The number of hydrogen-bond donors (Lipinski definition) is 2. The second-order valence-corrected chi connectivity index (χ2v) is 5.67. The molecule has 4 nitrogen and oxygen atoms in total. The number of benzene rings is 1. The number of nitrogens with two attached hydrogens (primary N) is 1. The highest BCUT2D eigenvalue weighted by molar-refractivity contribution is 9.10. The summed E-state index contributed by atoms with van der Waals surface area (Å²) < 4.78 is 0.978. The van der Waals surface area contributed by atoms with E-state index in [1.807, 2.05) is 29.2 Å². The topological polar surface area (TPSA) is 58.4 Å². The van der Waals surface area contributed by atoms with Crippen molar-refractivity contribution in [3.63, 3.8) is 0 Å². The molecule has 19 heavy (non-hydrogen) atoms. The highest BCUT2D eigenvalue weighted by atomic mass is 79.9. The van der Waals surface area contributed by atoms with E-state index in [4.69, 9.17) is 18.0 Å². The van der Waals surface area contributed by atoms with Crippen LogP contribution in [-0.4, -0.2) is 35.4 Å². The predicted octanol–water partition coefficient (Wildman–Crippen LogP) is 2.39. The molecule has 0 radical (unpaired) electrons. The number of nitrogens with zero attached hydrogens (tertiary/aromatic N) is 1. The van der Waals surface area contributed by atoms with Gasteiger partial charge in [-0.25, -0.2) is 0 Å². The van der Waals surface area contributed by atoms with Gasteiger partial charge in [0, 0.05) is 16.7 Å². The van der Waals surface area contributed by atoms with Crippen molar-refractivity contribution < 1.29 is 4.79 Å². The molecule has 0 fully saturated rings. The maximum atomic E-state index is 11.9. The molecule has 6 heteroatoms. The molecule has 1 amide bonds. The average molecular weight is 344 g/mol. The molecule has 1 aromatic rings. The van der Waals surface area contributed by atoms with E-state index in [1.54, 1.807) is 0 Å². The lowest BCUT2D eigenvalue weighted by Gasteiger charge is -2.20. The maximum Gasteiger partial charge on any atom is 0.238 e. The van der Waals surface area contributed by atoms with Crippen LogP contribution >= 0.6 is 28.1 Å². The second-order valence-electron chi connectivity index (χ2n) is 4.23. The molecule has 0 saturated heterocycles. The molecule has 0 atom stereocenters. The minimum atomic E-state index is -0.0629. The number of amides is 1. The Morgan fingerprint density at radius 3 is 2.53 bits per heavy atom. The van der Waals surface area contributed by atoms with Crippen molar-refractivity contribution in [1.82, 2.24) is 4.90 Å². The van der Waals surface area contributed by atoms with Crippen molar-refractivity contribution in [2.75, 3.05) is 25.0 Å². The van der Waals surface area contributed by atoms with E-state index in [0.717, 1.165) is 23.1 Å². The summed E-state index contributed by atoms with van der Waals surface area (Å²) >= 11 is 8.23. The van der Waals surface area contributed by atoms with Gasteiger partial charge in [0.2, 0.25) is 5.91 Å². The van der Waals surface area contributed by atoms with Gasteiger partial charge in [0.1, 0.15) is 0 Å². The Bertz CT molecular complexity index is 436. The molecule has 0 spiro atoms. The first-order valence-corrected chi connectivity index (χ1v) is 7.27. The molecule has 1 aromatic carbocycles. The van der Waals surface area contributed by atoms with Crippen LogP contribution in [-0.2, 0) is 4.79 Å². The number of carbonyl (C=O) groups excluding carboxylic acids is 1. The summed E-state index contributed by atoms with van der Waals surface area (Å²) in [5.74, 6) is -0.0629. The van der Waals surface area contributed by atoms with E-state index >= 15 is 0 Å². The second kappa shape index (κ2) is 8.24. The molecule has 0 aliphatic carbocycles. The Morgan fingerprint density at radius 1 is 1.37 bits per heavy atom. The molecule has 3 N–H and O–H groups in total. The monoisotopic (exact) mass is 343 g/mol. The van der Waals surface area contributed by atoms with E-state index in [-0.39, 0.29) is 5.91 Å². The number of halogens is 1. The first-order chi connectivity index (χ1) is 9.01. The zero-order valence-electron chi connectivity index (χ0n) is 10.9. The summed E-state index contributed by atoms with van der Waals surface area (Å²) in [5.41, 5.74) is 6.30. The summed E-state index contributed by atoms with van der Waals surface area (Å²) in [6.07, 6.45) is 0.953. The zero-order chi connectivity index (χ0) is 14.3. The van der Waals surface area contributed by atoms with Gasteiger partial charge in [-0.05, 0) is 37.2 Å². The Labute approximate surface area is 127 Å². The Morgan fingerprint density at radius 2 is 2.00 bits per heavy atom. The van der Waals surface area contributed by atoms with Crippen molar-refractivity contribution in [3.8, 4) is 0 Å². The van der Waals surface area contributed by atoms with Crippen molar-refractivity contribution in [2.45, 2.75) is 13.3 Å². The van der Waals surface area contributed by atoms with Crippen LogP contribution in [0.4, 0.5) is 5.69 Å². The zero-order valence-corrected chi connectivity index (χ0v) is 13.3. The summed E-state index contributed by atoms with van der Waals surface area (Å²) in [7, 11) is 0. The average Bonchev–Trinajstić information content (AvgIpc) is 2.31. The smallest absolute Gasteiger partial charge is 0.238 e. The fraction of sp³-hybridized carbons (Fsp3) is 0.385. The predicted molar refractivity (Wildman–Crippen MR) is 86.3 cm³/mol. The highest BCUT2D eigenvalue weighted by Crippen LogP contribution is 2.13. The van der Waals surface area contributed by atoms with E-state index in [9.17, 15) is 4.79 Å². The lowest BCUT2D eigenvalue weighted by molar-refractivity contribution is -0.117. The lowest BCUT2D eigenvalue weighted by atomic mass is 10.3. The quantitative estimate of drug-likeness (QED) is 0.746. The molecule has 0 aliphatic heterocycles. The summed E-state index contributed by atoms with van der Waals surface area (Å²) in [6, 6.07) is 7.46. The first kappa shape index (κ1) is 16.1. The van der Waals surface area contributed by atoms with E-state index in [1.165, 1.54) is 0 Å². The summed E-state index contributed by atoms with van der Waals surface area (Å²) in [6.45, 7) is 3.61. The minimum Gasteiger partial charge on any atom is -0.392 e. The molecule has 0 aliphatic rings. The van der Waals surface area contributed by atoms with Gasteiger partial charge in [-0.2, -0.15) is 0 Å². The van der Waals surface area contributed by atoms with E-state index in [2.05, 4.69) is 28.2 Å². The van der Waals surface area contributed by atoms with Gasteiger partial charge in [-0.3, -0.25) is 9.69 Å². The number of hydrogen-bond acceptors (Lipinski definition) is 3. The van der Waals surface area contributed by atoms with Gasteiger partial charge in [0.05, 0.1) is 11.5 Å². The summed E-state index contributed by atoms with van der Waals surface area (Å²) in [4.78, 5) is 14.3. The highest BCUT2D eigenvalue weighted by Gasteiger charge is 2.11. The first-order valence-electron chi connectivity index (χ1n) is 6.07. The molecule has 0 bridgehead atoms. The van der Waals surface area contributed by atoms with Gasteiger partial charge < -0.3 is 11.1 Å². The number of thiocarbonyl (C=S) groups is 1. The van der Waals surface area contributed by atoms with Crippen LogP contribution < -0.4 is 11.1 Å². The lowest BCUT2D eigenvalue weighted by Crippen LogP contribution is -2.39. The largest absolute Gasteiger partial charge is 0.392 e. The van der Waals surface area contributed by atoms with Crippen molar-refractivity contribution in [2.24, 2.45) is 5.73 Å². The van der Waals surface area contributed by atoms with Crippen LogP contribution in [0.3, 0.4) is 0 Å². The van der Waals surface area contributed by atoms with Crippen LogP contribution in [0.5, 0.6) is 0 Å². The Balaban J connectivity index is 2.52. The van der Waals surface area contributed by atoms with Gasteiger partial charge in [0.15, 0.2) is 0 Å². The van der Waals surface area contributed by atoms with Gasteiger partial charge in [-0.1, -0.05) is 35.1 Å². The van der Waals surface area contributed by atoms with E-state index in [0.29, 0.717) is 18.1 Å². The molecular weight excluding hydrogens is 326 g/mol. The standard InChI is InChI=1S/C13H18BrN3OS/c1-2-7-17(8-12(15)19)9-13(18)16-11-5-3-10(14)4-6-11/h3-6H,2,7-9H2,1H3,(H2,15,19)(H,16,18). The Kier molecular flexibility index (Phi) is 6.97. The van der Waals surface area contributed by atoms with E-state index < -0.39 is 0 Å². The summed E-state index contributed by atoms with van der Waals surface area (Å²) in [5, 5.41) is 2.85. The van der Waals surface area contributed by atoms with Crippen LogP contribution in [0.15, 0.2) is 28.7 Å². The molecule has 0 aromatic heterocycles. The van der Waals surface area contributed by atoms with Gasteiger partial charge >= 0.3 is 0 Å². The Hall–Kier alpha value is -0.980. The van der Waals surface area contributed by atoms with Crippen molar-refractivity contribution in [1.29, 1.82) is 0 Å². The number of carbonyl (C=O) groups is 1. The van der Waals surface area contributed by atoms with Crippen LogP contribution in [0, 0.1) is 0 Å². The van der Waals surface area contributed by atoms with Gasteiger partial charge in [-0.15, -0.1) is 0 Å². The third-order valence-corrected chi connectivity index (χ3v) is 3.07. The van der Waals surface area contributed by atoms with Crippen LogP contribution in [0.25, 0.3) is 0 Å². The molecule has 0 heterocycles. The fourth-order valence-corrected chi connectivity index (χ4v) is 2.13. The number of rotatable bonds is 7. The van der Waals surface area contributed by atoms with Gasteiger partial charge in [0.25, 0.3) is 0 Å². The third kappa shape index (κ3) is 6.66. The fourth-order valence-electron chi connectivity index (χ4n) is 1.69. The molecule has 1 rings (SSSR count). The molecule has 0 unspecified atom stereocenters. The van der Waals surface area contributed by atoms with Crippen LogP contribution in [0.1, 0.15) is 13.3 Å². The normalized spacial score (nSPS) is 10.5. The van der Waals surface area contributed by atoms with Crippen LogP contribution in [0.2, 0.25) is 0 Å². The van der Waals surface area contributed by atoms with Crippen molar-refractivity contribution in [3.05, 3.63) is 28.7 Å². The number of anilines is 1. The number of nitrogens with one attached hydrogen (secondary N) is 1. The molecule has 0 saturated carbocycles. The third-order valence-electron chi connectivity index (χ3n) is 2.41. The SMILES string of the molecule is CCCN(CC(=O)Nc1ccc(Br)cc1)CC(N)=S. The molecular formula is C13H18BrN3OS. The molecule has 104 valence electrons.